The zero-order valence-corrected chi connectivity index (χ0v) is 12.1. The minimum atomic E-state index is -0.129. The molecule has 102 valence electrons. The smallest absolute Gasteiger partial charge is 0.305 e. The molecule has 0 aliphatic heterocycles. The molecule has 0 bridgehead atoms. The minimum Gasteiger partial charge on any atom is -0.305 e. The van der Waals surface area contributed by atoms with E-state index in [9.17, 15) is 4.79 Å². The number of H-pyrrole nitrogens is 1. The second-order valence-corrected chi connectivity index (χ2v) is 5.11. The molecule has 0 aliphatic carbocycles. The van der Waals surface area contributed by atoms with Crippen LogP contribution < -0.4 is 5.69 Å². The molecular weight excluding hydrogens is 260 g/mol. The molecule has 2 aromatic rings. The first kappa shape index (κ1) is 13.9. The topological polar surface area (TPSA) is 37.8 Å². The third-order valence-electron chi connectivity index (χ3n) is 3.65. The van der Waals surface area contributed by atoms with E-state index in [0.717, 1.165) is 23.9 Å². The number of hydrogen-bond donors (Lipinski definition) is 1. The Morgan fingerprint density at radius 1 is 1.42 bits per heavy atom. The van der Waals surface area contributed by atoms with Crippen LogP contribution in [0.1, 0.15) is 38.2 Å². The van der Waals surface area contributed by atoms with Gasteiger partial charge in [0.1, 0.15) is 0 Å². The Labute approximate surface area is 117 Å². The molecule has 0 unspecified atom stereocenters. The van der Waals surface area contributed by atoms with Gasteiger partial charge in [0.15, 0.2) is 0 Å². The summed E-state index contributed by atoms with van der Waals surface area (Å²) in [6.45, 7) is 8.47. The molecule has 0 amide bonds. The van der Waals surface area contributed by atoms with Crippen LogP contribution in [0.5, 0.6) is 0 Å². The predicted octanol–water partition coefficient (Wildman–Crippen LogP) is 4.07. The van der Waals surface area contributed by atoms with Crippen molar-refractivity contribution in [2.45, 2.75) is 39.2 Å². The second-order valence-electron chi connectivity index (χ2n) is 4.70. The molecule has 1 N–H and O–H groups in total. The van der Waals surface area contributed by atoms with Crippen LogP contribution in [0, 0.1) is 0 Å². The van der Waals surface area contributed by atoms with Crippen LogP contribution in [-0.4, -0.2) is 9.55 Å². The molecule has 0 saturated carbocycles. The Balaban J connectivity index is 2.77. The van der Waals surface area contributed by atoms with Gasteiger partial charge in [0.25, 0.3) is 0 Å². The van der Waals surface area contributed by atoms with Gasteiger partial charge in [-0.3, -0.25) is 4.57 Å². The van der Waals surface area contributed by atoms with Gasteiger partial charge in [-0.2, -0.15) is 0 Å². The van der Waals surface area contributed by atoms with E-state index in [1.807, 2.05) is 12.1 Å². The second kappa shape index (κ2) is 5.66. The van der Waals surface area contributed by atoms with E-state index in [4.69, 9.17) is 11.6 Å². The molecule has 1 aromatic carbocycles. The molecular formula is C15H19ClN2O. The van der Waals surface area contributed by atoms with Gasteiger partial charge in [0.2, 0.25) is 0 Å². The highest BCUT2D eigenvalue weighted by Gasteiger charge is 2.17. The summed E-state index contributed by atoms with van der Waals surface area (Å²) in [6.07, 6.45) is 3.79. The number of allylic oxidation sites excluding steroid dienone is 1. The van der Waals surface area contributed by atoms with Gasteiger partial charge in [0.05, 0.1) is 16.1 Å². The fourth-order valence-electron chi connectivity index (χ4n) is 2.62. The quantitative estimate of drug-likeness (QED) is 0.823. The Morgan fingerprint density at radius 3 is 2.68 bits per heavy atom. The first-order chi connectivity index (χ1) is 9.13. The highest BCUT2D eigenvalue weighted by molar-refractivity contribution is 6.35. The predicted molar refractivity (Wildman–Crippen MR) is 81.1 cm³/mol. The van der Waals surface area contributed by atoms with E-state index in [2.05, 4.69) is 25.4 Å². The fraction of sp³-hybridized carbons (Fsp3) is 0.400. The van der Waals surface area contributed by atoms with Gasteiger partial charge < -0.3 is 4.98 Å². The monoisotopic (exact) mass is 278 g/mol. The van der Waals surface area contributed by atoms with Crippen molar-refractivity contribution in [3.8, 4) is 0 Å². The highest BCUT2D eigenvalue weighted by Crippen LogP contribution is 2.32. The first-order valence-corrected chi connectivity index (χ1v) is 7.03. The molecule has 1 heterocycles. The van der Waals surface area contributed by atoms with E-state index in [-0.39, 0.29) is 5.69 Å². The highest BCUT2D eigenvalue weighted by atomic mass is 35.5. The van der Waals surface area contributed by atoms with Crippen molar-refractivity contribution in [3.63, 3.8) is 0 Å². The number of fused-ring (bicyclic) bond motifs is 1. The van der Waals surface area contributed by atoms with E-state index in [1.165, 1.54) is 5.56 Å². The largest absolute Gasteiger partial charge is 0.326 e. The van der Waals surface area contributed by atoms with Crippen molar-refractivity contribution in [3.05, 3.63) is 45.9 Å². The van der Waals surface area contributed by atoms with E-state index in [0.29, 0.717) is 17.5 Å². The van der Waals surface area contributed by atoms with Crippen LogP contribution in [0.3, 0.4) is 0 Å². The van der Waals surface area contributed by atoms with Crippen molar-refractivity contribution in [1.82, 2.24) is 9.55 Å². The molecule has 4 heteroatoms. The summed E-state index contributed by atoms with van der Waals surface area (Å²) in [5, 5.41) is 0.602. The van der Waals surface area contributed by atoms with Gasteiger partial charge in [-0.1, -0.05) is 37.6 Å². The standard InChI is InChI=1S/C15H19ClN2O/c1-4-9-18-14-12(16)8-7-11(10(5-2)6-3)13(14)17-15(18)19/h4,7-8,10H,1,5-6,9H2,2-3H3,(H,17,19). The summed E-state index contributed by atoms with van der Waals surface area (Å²) >= 11 is 6.26. The number of benzene rings is 1. The molecule has 0 spiro atoms. The van der Waals surface area contributed by atoms with Crippen LogP contribution in [0.4, 0.5) is 0 Å². The molecule has 0 radical (unpaired) electrons. The Kier molecular flexibility index (Phi) is 4.15. The van der Waals surface area contributed by atoms with Crippen molar-refractivity contribution >= 4 is 22.6 Å². The Hall–Kier alpha value is -1.48. The Morgan fingerprint density at radius 2 is 2.11 bits per heavy atom. The van der Waals surface area contributed by atoms with Gasteiger partial charge >= 0.3 is 5.69 Å². The maximum atomic E-state index is 12.0. The van der Waals surface area contributed by atoms with Gasteiger partial charge in [-0.05, 0) is 30.4 Å². The lowest BCUT2D eigenvalue weighted by molar-refractivity contribution is 0.645. The lowest BCUT2D eigenvalue weighted by atomic mass is 9.93. The normalized spacial score (nSPS) is 11.4. The number of nitrogens with zero attached hydrogens (tertiary/aromatic N) is 1. The van der Waals surface area contributed by atoms with E-state index >= 15 is 0 Å². The number of imidazole rings is 1. The zero-order valence-electron chi connectivity index (χ0n) is 11.4. The van der Waals surface area contributed by atoms with Crippen LogP contribution in [0.15, 0.2) is 29.6 Å². The van der Waals surface area contributed by atoms with Crippen LogP contribution >= 0.6 is 11.6 Å². The fourth-order valence-corrected chi connectivity index (χ4v) is 2.88. The number of aromatic nitrogens is 2. The number of rotatable bonds is 5. The summed E-state index contributed by atoms with van der Waals surface area (Å²) in [4.78, 5) is 15.0. The molecule has 0 saturated heterocycles. The number of nitrogens with one attached hydrogen (secondary N) is 1. The van der Waals surface area contributed by atoms with Crippen LogP contribution in [0.25, 0.3) is 11.0 Å². The van der Waals surface area contributed by atoms with E-state index in [1.54, 1.807) is 10.6 Å². The summed E-state index contributed by atoms with van der Waals surface area (Å²) in [6, 6.07) is 3.90. The SMILES string of the molecule is C=CCn1c(=O)[nH]c2c(C(CC)CC)ccc(Cl)c21. The van der Waals surface area contributed by atoms with Crippen LogP contribution in [-0.2, 0) is 6.54 Å². The summed E-state index contributed by atoms with van der Waals surface area (Å²) in [5.74, 6) is 0.440. The van der Waals surface area contributed by atoms with Crippen LogP contribution in [0.2, 0.25) is 5.02 Å². The van der Waals surface area contributed by atoms with E-state index < -0.39 is 0 Å². The molecule has 0 atom stereocenters. The minimum absolute atomic E-state index is 0.129. The van der Waals surface area contributed by atoms with Gasteiger partial charge in [0, 0.05) is 6.54 Å². The van der Waals surface area contributed by atoms with Gasteiger partial charge in [-0.25, -0.2) is 4.79 Å². The zero-order chi connectivity index (χ0) is 14.0. The molecule has 19 heavy (non-hydrogen) atoms. The number of hydrogen-bond acceptors (Lipinski definition) is 1. The van der Waals surface area contributed by atoms with Gasteiger partial charge in [-0.15, -0.1) is 6.58 Å². The third-order valence-corrected chi connectivity index (χ3v) is 3.95. The molecule has 3 nitrogen and oxygen atoms in total. The molecule has 1 aromatic heterocycles. The molecule has 0 fully saturated rings. The maximum absolute atomic E-state index is 12.0. The number of aromatic amines is 1. The average molecular weight is 279 g/mol. The molecule has 2 rings (SSSR count). The average Bonchev–Trinajstić information content (AvgIpc) is 2.72. The summed E-state index contributed by atoms with van der Waals surface area (Å²) in [7, 11) is 0. The van der Waals surface area contributed by atoms with Crippen molar-refractivity contribution in [1.29, 1.82) is 0 Å². The van der Waals surface area contributed by atoms with Crippen molar-refractivity contribution < 1.29 is 0 Å². The maximum Gasteiger partial charge on any atom is 0.326 e. The first-order valence-electron chi connectivity index (χ1n) is 6.65. The van der Waals surface area contributed by atoms with Crippen molar-refractivity contribution in [2.75, 3.05) is 0 Å². The third kappa shape index (κ3) is 2.35. The Bertz CT molecular complexity index is 650. The van der Waals surface area contributed by atoms with Crippen molar-refractivity contribution in [2.24, 2.45) is 0 Å². The lowest BCUT2D eigenvalue weighted by Gasteiger charge is -2.14. The molecule has 0 aliphatic rings. The summed E-state index contributed by atoms with van der Waals surface area (Å²) < 4.78 is 1.64. The summed E-state index contributed by atoms with van der Waals surface area (Å²) in [5.41, 5.74) is 2.70. The number of halogens is 1. The lowest BCUT2D eigenvalue weighted by Crippen LogP contribution is -2.15.